The lowest BCUT2D eigenvalue weighted by Gasteiger charge is -2.34. The molecule has 1 saturated heterocycles. The van der Waals surface area contributed by atoms with Crippen molar-refractivity contribution >= 4 is 21.6 Å². The molecular weight excluding hydrogens is 411 g/mol. The Balaban J connectivity index is 1.46. The average molecular weight is 434 g/mol. The first-order valence-electron chi connectivity index (χ1n) is 9.90. The maximum atomic E-state index is 13.2. The SMILES string of the molecule is O=C(C[C@@H]1CCCCN1S(=O)(=O)c1ccc(F)cc1)Nc1ccc2c(c1)OCCO2. The summed E-state index contributed by atoms with van der Waals surface area (Å²) in [4.78, 5) is 12.7. The maximum Gasteiger partial charge on any atom is 0.243 e. The molecule has 2 aliphatic heterocycles. The van der Waals surface area contributed by atoms with Crippen LogP contribution in [-0.2, 0) is 14.8 Å². The van der Waals surface area contributed by atoms with Crippen molar-refractivity contribution in [3.63, 3.8) is 0 Å². The van der Waals surface area contributed by atoms with Crippen molar-refractivity contribution in [1.29, 1.82) is 0 Å². The molecule has 1 fully saturated rings. The number of nitrogens with one attached hydrogen (secondary N) is 1. The van der Waals surface area contributed by atoms with Crippen molar-refractivity contribution in [2.75, 3.05) is 25.1 Å². The van der Waals surface area contributed by atoms with Crippen LogP contribution in [0.4, 0.5) is 10.1 Å². The van der Waals surface area contributed by atoms with Gasteiger partial charge in [0, 0.05) is 30.8 Å². The lowest BCUT2D eigenvalue weighted by atomic mass is 10.0. The van der Waals surface area contributed by atoms with Gasteiger partial charge in [0.25, 0.3) is 0 Å². The summed E-state index contributed by atoms with van der Waals surface area (Å²) >= 11 is 0. The molecule has 0 unspecified atom stereocenters. The Hall–Kier alpha value is -2.65. The molecule has 2 aromatic rings. The normalized spacial score (nSPS) is 19.3. The molecule has 1 atom stereocenters. The standard InChI is InChI=1S/C21H23FN2O5S/c22-15-4-7-18(8-5-15)30(26,27)24-10-2-1-3-17(24)14-21(25)23-16-6-9-19-20(13-16)29-12-11-28-19/h4-9,13,17H,1-3,10-12,14H2,(H,23,25)/t17-/m0/s1. The monoisotopic (exact) mass is 434 g/mol. The van der Waals surface area contributed by atoms with Gasteiger partial charge in [0.2, 0.25) is 15.9 Å². The molecule has 7 nitrogen and oxygen atoms in total. The third-order valence-electron chi connectivity index (χ3n) is 5.24. The van der Waals surface area contributed by atoms with Crippen LogP contribution in [-0.4, -0.2) is 44.4 Å². The summed E-state index contributed by atoms with van der Waals surface area (Å²) in [5.41, 5.74) is 0.563. The molecule has 1 amide bonds. The van der Waals surface area contributed by atoms with Crippen LogP contribution in [0.25, 0.3) is 0 Å². The number of anilines is 1. The van der Waals surface area contributed by atoms with Gasteiger partial charge < -0.3 is 14.8 Å². The zero-order valence-electron chi connectivity index (χ0n) is 16.3. The van der Waals surface area contributed by atoms with Gasteiger partial charge in [0.1, 0.15) is 19.0 Å². The molecule has 30 heavy (non-hydrogen) atoms. The second-order valence-electron chi connectivity index (χ2n) is 7.33. The van der Waals surface area contributed by atoms with Gasteiger partial charge in [-0.05, 0) is 49.2 Å². The Morgan fingerprint density at radius 3 is 2.57 bits per heavy atom. The van der Waals surface area contributed by atoms with E-state index in [0.717, 1.165) is 25.0 Å². The molecule has 2 heterocycles. The first-order chi connectivity index (χ1) is 14.4. The van der Waals surface area contributed by atoms with Gasteiger partial charge in [-0.15, -0.1) is 0 Å². The highest BCUT2D eigenvalue weighted by Crippen LogP contribution is 2.33. The van der Waals surface area contributed by atoms with Crippen molar-refractivity contribution in [2.45, 2.75) is 36.6 Å². The fourth-order valence-electron chi connectivity index (χ4n) is 3.78. The predicted molar refractivity (Wildman–Crippen MR) is 109 cm³/mol. The van der Waals surface area contributed by atoms with E-state index in [4.69, 9.17) is 9.47 Å². The Bertz CT molecular complexity index is 1030. The van der Waals surface area contributed by atoms with E-state index >= 15 is 0 Å². The first-order valence-corrected chi connectivity index (χ1v) is 11.3. The van der Waals surface area contributed by atoms with E-state index in [2.05, 4.69) is 5.32 Å². The zero-order chi connectivity index (χ0) is 21.1. The van der Waals surface area contributed by atoms with Crippen LogP contribution in [0.3, 0.4) is 0 Å². The number of carbonyl (C=O) groups is 1. The number of hydrogen-bond donors (Lipinski definition) is 1. The Labute approximate surface area is 174 Å². The molecule has 2 aromatic carbocycles. The minimum Gasteiger partial charge on any atom is -0.486 e. The summed E-state index contributed by atoms with van der Waals surface area (Å²) in [6.07, 6.45) is 2.20. The number of carbonyl (C=O) groups excluding carboxylic acids is 1. The molecule has 0 saturated carbocycles. The van der Waals surface area contributed by atoms with Crippen LogP contribution in [0.15, 0.2) is 47.4 Å². The molecule has 0 aliphatic carbocycles. The Morgan fingerprint density at radius 2 is 1.80 bits per heavy atom. The summed E-state index contributed by atoms with van der Waals surface area (Å²) < 4.78 is 51.7. The van der Waals surface area contributed by atoms with Gasteiger partial charge >= 0.3 is 0 Å². The minimum absolute atomic E-state index is 0.0306. The second kappa shape index (κ2) is 8.61. The summed E-state index contributed by atoms with van der Waals surface area (Å²) in [7, 11) is -3.81. The van der Waals surface area contributed by atoms with Crippen molar-refractivity contribution in [1.82, 2.24) is 4.31 Å². The summed E-state index contributed by atoms with van der Waals surface area (Å²) in [6.45, 7) is 1.27. The number of hydrogen-bond acceptors (Lipinski definition) is 5. The predicted octanol–water partition coefficient (Wildman–Crippen LogP) is 3.17. The molecule has 2 aliphatic rings. The molecule has 9 heteroatoms. The van der Waals surface area contributed by atoms with Crippen LogP contribution < -0.4 is 14.8 Å². The maximum absolute atomic E-state index is 13.2. The number of sulfonamides is 1. The van der Waals surface area contributed by atoms with Crippen molar-refractivity contribution in [3.05, 3.63) is 48.3 Å². The van der Waals surface area contributed by atoms with Crippen LogP contribution in [0, 0.1) is 5.82 Å². The van der Waals surface area contributed by atoms with E-state index in [1.165, 1.54) is 16.4 Å². The molecular formula is C21H23FN2O5S. The van der Waals surface area contributed by atoms with E-state index in [-0.39, 0.29) is 17.2 Å². The van der Waals surface area contributed by atoms with E-state index in [1.54, 1.807) is 18.2 Å². The minimum atomic E-state index is -3.81. The van der Waals surface area contributed by atoms with Crippen LogP contribution in [0.1, 0.15) is 25.7 Å². The van der Waals surface area contributed by atoms with Crippen molar-refractivity contribution in [3.8, 4) is 11.5 Å². The molecule has 4 rings (SSSR count). The number of amides is 1. The van der Waals surface area contributed by atoms with E-state index in [0.29, 0.717) is 43.4 Å². The highest BCUT2D eigenvalue weighted by atomic mass is 32.2. The van der Waals surface area contributed by atoms with Gasteiger partial charge in [0.15, 0.2) is 11.5 Å². The number of halogens is 1. The molecule has 160 valence electrons. The number of benzene rings is 2. The van der Waals surface area contributed by atoms with Crippen molar-refractivity contribution < 1.29 is 27.1 Å². The Morgan fingerprint density at radius 1 is 1.07 bits per heavy atom. The topological polar surface area (TPSA) is 84.9 Å². The molecule has 1 N–H and O–H groups in total. The summed E-state index contributed by atoms with van der Waals surface area (Å²) in [5.74, 6) is 0.418. The van der Waals surface area contributed by atoms with Gasteiger partial charge in [-0.25, -0.2) is 12.8 Å². The highest BCUT2D eigenvalue weighted by molar-refractivity contribution is 7.89. The van der Waals surface area contributed by atoms with Crippen LogP contribution in [0.2, 0.25) is 0 Å². The fraction of sp³-hybridized carbons (Fsp3) is 0.381. The number of ether oxygens (including phenoxy) is 2. The third-order valence-corrected chi connectivity index (χ3v) is 7.21. The van der Waals surface area contributed by atoms with Crippen molar-refractivity contribution in [2.24, 2.45) is 0 Å². The largest absolute Gasteiger partial charge is 0.486 e. The summed E-state index contributed by atoms with van der Waals surface area (Å²) in [5, 5.41) is 2.81. The lowest BCUT2D eigenvalue weighted by molar-refractivity contribution is -0.117. The lowest BCUT2D eigenvalue weighted by Crippen LogP contribution is -2.45. The van der Waals surface area contributed by atoms with Crippen LogP contribution >= 0.6 is 0 Å². The van der Waals surface area contributed by atoms with Gasteiger partial charge in [-0.3, -0.25) is 4.79 Å². The molecule has 0 bridgehead atoms. The zero-order valence-corrected chi connectivity index (χ0v) is 17.2. The van der Waals surface area contributed by atoms with Gasteiger partial charge in [-0.2, -0.15) is 4.31 Å². The fourth-order valence-corrected chi connectivity index (χ4v) is 5.48. The number of piperidine rings is 1. The average Bonchev–Trinajstić information content (AvgIpc) is 2.74. The van der Waals surface area contributed by atoms with Gasteiger partial charge in [0.05, 0.1) is 4.90 Å². The van der Waals surface area contributed by atoms with Gasteiger partial charge in [-0.1, -0.05) is 6.42 Å². The van der Waals surface area contributed by atoms with E-state index < -0.39 is 21.9 Å². The summed E-state index contributed by atoms with van der Waals surface area (Å²) in [6, 6.07) is 9.46. The molecule has 0 spiro atoms. The third kappa shape index (κ3) is 4.41. The van der Waals surface area contributed by atoms with E-state index in [9.17, 15) is 17.6 Å². The number of fused-ring (bicyclic) bond motifs is 1. The first kappa shape index (κ1) is 20.6. The number of rotatable bonds is 5. The smallest absolute Gasteiger partial charge is 0.243 e. The second-order valence-corrected chi connectivity index (χ2v) is 9.22. The quantitative estimate of drug-likeness (QED) is 0.781. The van der Waals surface area contributed by atoms with E-state index in [1.807, 2.05) is 0 Å². The number of nitrogens with zero attached hydrogens (tertiary/aromatic N) is 1. The molecule has 0 radical (unpaired) electrons. The highest BCUT2D eigenvalue weighted by Gasteiger charge is 2.34. The molecule has 0 aromatic heterocycles. The Kier molecular flexibility index (Phi) is 5.92. The van der Waals surface area contributed by atoms with Crippen LogP contribution in [0.5, 0.6) is 11.5 Å².